The molecule has 6 heteroatoms. The third-order valence-electron chi connectivity index (χ3n) is 7.47. The number of imide groups is 1. The molecule has 0 radical (unpaired) electrons. The van der Waals surface area contributed by atoms with Gasteiger partial charge >= 0.3 is 0 Å². The molecule has 0 spiro atoms. The normalized spacial score (nSPS) is 24.7. The number of benzene rings is 1. The molecule has 3 amide bonds. The summed E-state index contributed by atoms with van der Waals surface area (Å²) in [4.78, 5) is 43.5. The highest BCUT2D eigenvalue weighted by molar-refractivity contribution is 6.11. The van der Waals surface area contributed by atoms with Gasteiger partial charge in [0.05, 0.1) is 12.0 Å². The summed E-state index contributed by atoms with van der Waals surface area (Å²) in [5, 5.41) is 0. The largest absolute Gasteiger partial charge is 0.329 e. The Morgan fingerprint density at radius 3 is 2.47 bits per heavy atom. The Morgan fingerprint density at radius 2 is 1.81 bits per heavy atom. The zero-order valence-corrected chi connectivity index (χ0v) is 18.5. The Labute approximate surface area is 189 Å². The Bertz CT molecular complexity index is 927. The van der Waals surface area contributed by atoms with Crippen molar-refractivity contribution in [2.24, 2.45) is 0 Å². The van der Waals surface area contributed by atoms with Gasteiger partial charge in [0, 0.05) is 24.9 Å². The van der Waals surface area contributed by atoms with Crippen molar-refractivity contribution in [2.45, 2.75) is 88.1 Å². The summed E-state index contributed by atoms with van der Waals surface area (Å²) in [6.07, 6.45) is 13.8. The molecule has 5 nitrogen and oxygen atoms in total. The first kappa shape index (κ1) is 22.5. The second-order valence-electron chi connectivity index (χ2n) is 9.47. The topological polar surface area (TPSA) is 57.7 Å². The molecule has 1 aliphatic heterocycles. The quantitative estimate of drug-likeness (QED) is 0.499. The summed E-state index contributed by atoms with van der Waals surface area (Å²) in [5.74, 6) is 1.25. The van der Waals surface area contributed by atoms with Gasteiger partial charge in [-0.15, -0.1) is 6.42 Å². The molecule has 1 aromatic carbocycles. The number of carbonyl (C=O) groups excluding carboxylic acids is 3. The lowest BCUT2D eigenvalue weighted by atomic mass is 9.75. The fraction of sp³-hybridized carbons (Fsp3) is 0.577. The van der Waals surface area contributed by atoms with E-state index in [0.717, 1.165) is 57.8 Å². The fourth-order valence-corrected chi connectivity index (χ4v) is 5.82. The maximum atomic E-state index is 14.2. The molecule has 2 aliphatic carbocycles. The molecule has 0 N–H and O–H groups in total. The first-order chi connectivity index (χ1) is 15.5. The second kappa shape index (κ2) is 9.44. The zero-order chi connectivity index (χ0) is 22.7. The average molecular weight is 439 g/mol. The van der Waals surface area contributed by atoms with Gasteiger partial charge in [-0.3, -0.25) is 19.3 Å². The van der Waals surface area contributed by atoms with Crippen LogP contribution in [-0.4, -0.2) is 46.1 Å². The standard InChI is InChI=1S/C26H31FN2O3/c1-2-15-28(21-11-4-3-5-12-21)23(30)17-26(19-9-8-10-20(27)16-19)18-24(31)29(25(26)32)22-13-6-7-14-22/h1,8-10,16,21-22H,3-7,11-15,17-18H2. The number of carbonyl (C=O) groups is 3. The van der Waals surface area contributed by atoms with Crippen molar-refractivity contribution in [1.29, 1.82) is 0 Å². The molecule has 3 fully saturated rings. The highest BCUT2D eigenvalue weighted by Crippen LogP contribution is 2.43. The van der Waals surface area contributed by atoms with Crippen LogP contribution in [0.2, 0.25) is 0 Å². The molecule has 0 aromatic heterocycles. The van der Waals surface area contributed by atoms with Gasteiger partial charge in [-0.2, -0.15) is 0 Å². The van der Waals surface area contributed by atoms with Crippen LogP contribution in [0.4, 0.5) is 4.39 Å². The van der Waals surface area contributed by atoms with Crippen LogP contribution < -0.4 is 0 Å². The lowest BCUT2D eigenvalue weighted by molar-refractivity contribution is -0.145. The highest BCUT2D eigenvalue weighted by Gasteiger charge is 2.56. The lowest BCUT2D eigenvalue weighted by Crippen LogP contribution is -2.48. The maximum Gasteiger partial charge on any atom is 0.241 e. The molecule has 2 saturated carbocycles. The van der Waals surface area contributed by atoms with E-state index in [0.29, 0.717) is 5.56 Å². The number of hydrogen-bond donors (Lipinski definition) is 0. The average Bonchev–Trinajstić information content (AvgIpc) is 3.39. The Hall–Kier alpha value is -2.68. The van der Waals surface area contributed by atoms with Crippen molar-refractivity contribution in [3.8, 4) is 12.3 Å². The van der Waals surface area contributed by atoms with Crippen molar-refractivity contribution < 1.29 is 18.8 Å². The highest BCUT2D eigenvalue weighted by atomic mass is 19.1. The van der Waals surface area contributed by atoms with Gasteiger partial charge in [-0.05, 0) is 43.4 Å². The number of nitrogens with zero attached hydrogens (tertiary/aromatic N) is 2. The van der Waals surface area contributed by atoms with Gasteiger partial charge < -0.3 is 4.90 Å². The predicted molar refractivity (Wildman–Crippen MR) is 119 cm³/mol. The Balaban J connectivity index is 1.68. The van der Waals surface area contributed by atoms with Crippen LogP contribution in [0.1, 0.15) is 76.2 Å². The number of amides is 3. The number of terminal acetylenes is 1. The van der Waals surface area contributed by atoms with Gasteiger partial charge in [-0.1, -0.05) is 50.2 Å². The molecule has 3 aliphatic rings. The molecule has 4 rings (SSSR count). The first-order valence-electron chi connectivity index (χ1n) is 11.8. The van der Waals surface area contributed by atoms with Gasteiger partial charge in [0.1, 0.15) is 5.82 Å². The molecule has 1 aromatic rings. The molecule has 1 saturated heterocycles. The van der Waals surface area contributed by atoms with E-state index in [2.05, 4.69) is 5.92 Å². The van der Waals surface area contributed by atoms with Crippen LogP contribution in [0.5, 0.6) is 0 Å². The number of halogens is 1. The second-order valence-corrected chi connectivity index (χ2v) is 9.47. The molecule has 32 heavy (non-hydrogen) atoms. The van der Waals surface area contributed by atoms with Crippen molar-refractivity contribution >= 4 is 17.7 Å². The summed E-state index contributed by atoms with van der Waals surface area (Å²) >= 11 is 0. The minimum Gasteiger partial charge on any atom is -0.329 e. The fourth-order valence-electron chi connectivity index (χ4n) is 5.82. The number of hydrogen-bond acceptors (Lipinski definition) is 3. The minimum absolute atomic E-state index is 0.0509. The summed E-state index contributed by atoms with van der Waals surface area (Å²) in [6, 6.07) is 5.72. The van der Waals surface area contributed by atoms with E-state index >= 15 is 0 Å². The molecule has 1 heterocycles. The number of rotatable bonds is 6. The van der Waals surface area contributed by atoms with Crippen LogP contribution in [-0.2, 0) is 19.8 Å². The van der Waals surface area contributed by atoms with Gasteiger partial charge in [0.25, 0.3) is 0 Å². The van der Waals surface area contributed by atoms with Crippen molar-refractivity contribution in [1.82, 2.24) is 9.80 Å². The SMILES string of the molecule is C#CCN(C(=O)CC1(c2cccc(F)c2)CC(=O)N(C2CCCC2)C1=O)C1CCCCC1. The summed E-state index contributed by atoms with van der Waals surface area (Å²) in [5.41, 5.74) is -0.977. The van der Waals surface area contributed by atoms with Crippen LogP contribution in [0.3, 0.4) is 0 Å². The van der Waals surface area contributed by atoms with Crippen LogP contribution in [0, 0.1) is 18.2 Å². The Morgan fingerprint density at radius 1 is 1.12 bits per heavy atom. The molecule has 0 bridgehead atoms. The lowest BCUT2D eigenvalue weighted by Gasteiger charge is -2.36. The smallest absolute Gasteiger partial charge is 0.241 e. The van der Waals surface area contributed by atoms with Gasteiger partial charge in [0.2, 0.25) is 17.7 Å². The van der Waals surface area contributed by atoms with E-state index < -0.39 is 11.2 Å². The van der Waals surface area contributed by atoms with Crippen molar-refractivity contribution in [3.05, 3.63) is 35.6 Å². The number of likely N-dealkylation sites (tertiary alicyclic amines) is 1. The van der Waals surface area contributed by atoms with Gasteiger partial charge in [0.15, 0.2) is 0 Å². The van der Waals surface area contributed by atoms with E-state index in [1.165, 1.54) is 23.1 Å². The van der Waals surface area contributed by atoms with E-state index in [9.17, 15) is 18.8 Å². The summed E-state index contributed by atoms with van der Waals surface area (Å²) in [6.45, 7) is 0.178. The first-order valence-corrected chi connectivity index (χ1v) is 11.8. The van der Waals surface area contributed by atoms with Crippen molar-refractivity contribution in [3.63, 3.8) is 0 Å². The summed E-state index contributed by atoms with van der Waals surface area (Å²) in [7, 11) is 0. The van der Waals surface area contributed by atoms with E-state index in [-0.39, 0.29) is 49.2 Å². The molecule has 1 atom stereocenters. The molecular formula is C26H31FN2O3. The zero-order valence-electron chi connectivity index (χ0n) is 18.5. The van der Waals surface area contributed by atoms with Crippen molar-refractivity contribution in [2.75, 3.05) is 6.54 Å². The van der Waals surface area contributed by atoms with Gasteiger partial charge in [-0.25, -0.2) is 4.39 Å². The third-order valence-corrected chi connectivity index (χ3v) is 7.47. The monoisotopic (exact) mass is 438 g/mol. The molecule has 1 unspecified atom stereocenters. The van der Waals surface area contributed by atoms with Crippen LogP contribution >= 0.6 is 0 Å². The third kappa shape index (κ3) is 4.18. The molecule has 170 valence electrons. The predicted octanol–water partition coefficient (Wildman–Crippen LogP) is 3.95. The van der Waals surface area contributed by atoms with E-state index in [4.69, 9.17) is 6.42 Å². The van der Waals surface area contributed by atoms with Crippen LogP contribution in [0.25, 0.3) is 0 Å². The molecular weight excluding hydrogens is 407 g/mol. The summed E-state index contributed by atoms with van der Waals surface area (Å²) < 4.78 is 14.2. The van der Waals surface area contributed by atoms with Crippen LogP contribution in [0.15, 0.2) is 24.3 Å². The Kier molecular flexibility index (Phi) is 6.64. The van der Waals surface area contributed by atoms with E-state index in [1.807, 2.05) is 0 Å². The minimum atomic E-state index is -1.37. The van der Waals surface area contributed by atoms with E-state index in [1.54, 1.807) is 11.0 Å². The maximum absolute atomic E-state index is 14.2.